The number of morpholine rings is 1. The van der Waals surface area contributed by atoms with Crippen molar-refractivity contribution in [3.8, 4) is 0 Å². The van der Waals surface area contributed by atoms with Gasteiger partial charge in [0.1, 0.15) is 13.1 Å². The van der Waals surface area contributed by atoms with E-state index in [0.29, 0.717) is 5.02 Å². The van der Waals surface area contributed by atoms with Crippen molar-refractivity contribution in [1.82, 2.24) is 0 Å². The van der Waals surface area contributed by atoms with Gasteiger partial charge in [-0.3, -0.25) is 0 Å². The first kappa shape index (κ1) is 11.7. The lowest BCUT2D eigenvalue weighted by Crippen LogP contribution is -2.43. The summed E-state index contributed by atoms with van der Waals surface area (Å²) in [6, 6.07) is 5.29. The number of halogens is 2. The van der Waals surface area contributed by atoms with Gasteiger partial charge in [-0.15, -0.1) is 0 Å². The normalized spacial score (nSPS) is 16.2. The fraction of sp³-hybridized carbons (Fsp3) is 0.200. The number of esters is 2. The summed E-state index contributed by atoms with van der Waals surface area (Å²) in [5, 5.41) is 0.624. The van der Waals surface area contributed by atoms with Gasteiger partial charge in [-0.05, 0) is 40.8 Å². The van der Waals surface area contributed by atoms with Crippen molar-refractivity contribution < 1.29 is 14.3 Å². The zero-order valence-electron chi connectivity index (χ0n) is 8.07. The largest absolute Gasteiger partial charge is 0.390 e. The molecular formula is C10H7ClINO3. The van der Waals surface area contributed by atoms with E-state index in [0.717, 1.165) is 9.26 Å². The number of anilines is 1. The molecule has 0 aliphatic carbocycles. The Labute approximate surface area is 111 Å². The van der Waals surface area contributed by atoms with E-state index in [-0.39, 0.29) is 13.1 Å². The van der Waals surface area contributed by atoms with Crippen molar-refractivity contribution in [3.05, 3.63) is 26.8 Å². The van der Waals surface area contributed by atoms with Crippen LogP contribution in [0.2, 0.25) is 5.02 Å². The van der Waals surface area contributed by atoms with Gasteiger partial charge in [0.2, 0.25) is 0 Å². The van der Waals surface area contributed by atoms with Crippen LogP contribution < -0.4 is 4.90 Å². The lowest BCUT2D eigenvalue weighted by Gasteiger charge is -2.27. The Kier molecular flexibility index (Phi) is 3.34. The Hall–Kier alpha value is -0.820. The van der Waals surface area contributed by atoms with Crippen LogP contribution in [0, 0.1) is 3.57 Å². The zero-order valence-corrected chi connectivity index (χ0v) is 11.0. The number of hydrogen-bond donors (Lipinski definition) is 0. The molecule has 6 heteroatoms. The van der Waals surface area contributed by atoms with E-state index in [1.165, 1.54) is 0 Å². The molecule has 0 radical (unpaired) electrons. The SMILES string of the molecule is O=C1CN(c2ccc(Cl)cc2I)CC(=O)O1. The molecule has 4 nitrogen and oxygen atoms in total. The lowest BCUT2D eigenvalue weighted by atomic mass is 10.2. The second-order valence-corrected chi connectivity index (χ2v) is 4.90. The maximum Gasteiger partial charge on any atom is 0.333 e. The molecule has 0 aromatic heterocycles. The Bertz CT molecular complexity index is 447. The molecule has 16 heavy (non-hydrogen) atoms. The molecule has 0 unspecified atom stereocenters. The van der Waals surface area contributed by atoms with E-state index in [1.54, 1.807) is 23.1 Å². The minimum absolute atomic E-state index is 0.0867. The van der Waals surface area contributed by atoms with Crippen molar-refractivity contribution in [2.45, 2.75) is 0 Å². The second kappa shape index (κ2) is 4.58. The van der Waals surface area contributed by atoms with Gasteiger partial charge >= 0.3 is 11.9 Å². The summed E-state index contributed by atoms with van der Waals surface area (Å²) in [6.07, 6.45) is 0. The molecular weight excluding hydrogens is 344 g/mol. The first-order valence-corrected chi connectivity index (χ1v) is 5.95. The molecule has 0 saturated carbocycles. The molecule has 0 amide bonds. The van der Waals surface area contributed by atoms with Gasteiger partial charge in [0, 0.05) is 8.59 Å². The van der Waals surface area contributed by atoms with Crippen molar-refractivity contribution in [3.63, 3.8) is 0 Å². The molecule has 0 bridgehead atoms. The fourth-order valence-electron chi connectivity index (χ4n) is 1.47. The van der Waals surface area contributed by atoms with Crippen molar-refractivity contribution in [2.75, 3.05) is 18.0 Å². The number of cyclic esters (lactones) is 2. The Morgan fingerprint density at radius 1 is 1.25 bits per heavy atom. The first-order valence-electron chi connectivity index (χ1n) is 4.50. The molecule has 0 N–H and O–H groups in total. The summed E-state index contributed by atoms with van der Waals surface area (Å²) in [6.45, 7) is 0.173. The molecule has 0 spiro atoms. The van der Waals surface area contributed by atoms with Crippen molar-refractivity contribution >= 4 is 51.8 Å². The van der Waals surface area contributed by atoms with Crippen LogP contribution in [0.3, 0.4) is 0 Å². The number of carbonyl (C=O) groups is 2. The average Bonchev–Trinajstić information content (AvgIpc) is 2.15. The summed E-state index contributed by atoms with van der Waals surface area (Å²) in [5.74, 6) is -1.05. The van der Waals surface area contributed by atoms with Gasteiger partial charge in [0.05, 0.1) is 5.69 Å². The number of rotatable bonds is 1. The monoisotopic (exact) mass is 351 g/mol. The number of benzene rings is 1. The van der Waals surface area contributed by atoms with Crippen LogP contribution in [0.1, 0.15) is 0 Å². The van der Waals surface area contributed by atoms with E-state index < -0.39 is 11.9 Å². The molecule has 1 aliphatic heterocycles. The zero-order chi connectivity index (χ0) is 11.7. The minimum Gasteiger partial charge on any atom is -0.390 e. The number of hydrogen-bond acceptors (Lipinski definition) is 4. The summed E-state index contributed by atoms with van der Waals surface area (Å²) in [5.41, 5.74) is 0.815. The van der Waals surface area contributed by atoms with Crippen LogP contribution in [-0.4, -0.2) is 25.0 Å². The molecule has 1 aromatic rings. The quantitative estimate of drug-likeness (QED) is 0.440. The molecule has 2 rings (SSSR count). The fourth-order valence-corrected chi connectivity index (χ4v) is 2.68. The van der Waals surface area contributed by atoms with Gasteiger partial charge in [0.25, 0.3) is 0 Å². The summed E-state index contributed by atoms with van der Waals surface area (Å²) in [7, 11) is 0. The van der Waals surface area contributed by atoms with E-state index in [4.69, 9.17) is 11.6 Å². The lowest BCUT2D eigenvalue weighted by molar-refractivity contribution is -0.160. The smallest absolute Gasteiger partial charge is 0.333 e. The summed E-state index contributed by atoms with van der Waals surface area (Å²) in [4.78, 5) is 23.9. The first-order chi connectivity index (χ1) is 7.56. The molecule has 1 fully saturated rings. The highest BCUT2D eigenvalue weighted by molar-refractivity contribution is 14.1. The van der Waals surface area contributed by atoms with E-state index in [9.17, 15) is 9.59 Å². The van der Waals surface area contributed by atoms with Gasteiger partial charge in [-0.25, -0.2) is 9.59 Å². The molecule has 1 heterocycles. The van der Waals surface area contributed by atoms with E-state index in [1.807, 2.05) is 0 Å². The van der Waals surface area contributed by atoms with Crippen molar-refractivity contribution in [2.24, 2.45) is 0 Å². The van der Waals surface area contributed by atoms with Gasteiger partial charge in [0.15, 0.2) is 0 Å². The van der Waals surface area contributed by atoms with E-state index >= 15 is 0 Å². The predicted octanol–water partition coefficient (Wildman–Crippen LogP) is 1.83. The minimum atomic E-state index is -0.526. The number of ether oxygens (including phenoxy) is 1. The standard InChI is InChI=1S/C10H7ClINO3/c11-6-1-2-8(7(12)3-6)13-4-9(14)16-10(15)5-13/h1-3H,4-5H2. The van der Waals surface area contributed by atoms with Crippen molar-refractivity contribution in [1.29, 1.82) is 0 Å². The highest BCUT2D eigenvalue weighted by Crippen LogP contribution is 2.26. The predicted molar refractivity (Wildman–Crippen MR) is 67.5 cm³/mol. The molecule has 1 aromatic carbocycles. The Balaban J connectivity index is 2.29. The van der Waals surface area contributed by atoms with Crippen LogP contribution in [-0.2, 0) is 14.3 Å². The molecule has 84 valence electrons. The molecule has 0 atom stereocenters. The number of nitrogens with zero attached hydrogens (tertiary/aromatic N) is 1. The maximum absolute atomic E-state index is 11.1. The Morgan fingerprint density at radius 2 is 1.88 bits per heavy atom. The van der Waals surface area contributed by atoms with Gasteiger partial charge in [-0.2, -0.15) is 0 Å². The van der Waals surface area contributed by atoms with E-state index in [2.05, 4.69) is 27.3 Å². The van der Waals surface area contributed by atoms with Gasteiger partial charge in [-0.1, -0.05) is 11.6 Å². The van der Waals surface area contributed by atoms with Gasteiger partial charge < -0.3 is 9.64 Å². The third kappa shape index (κ3) is 2.46. The highest BCUT2D eigenvalue weighted by Gasteiger charge is 2.25. The topological polar surface area (TPSA) is 46.6 Å². The molecule has 1 saturated heterocycles. The third-order valence-corrected chi connectivity index (χ3v) is 3.22. The summed E-state index contributed by atoms with van der Waals surface area (Å²) < 4.78 is 5.35. The number of carbonyl (C=O) groups excluding carboxylic acids is 2. The third-order valence-electron chi connectivity index (χ3n) is 2.12. The van der Waals surface area contributed by atoms with Crippen LogP contribution in [0.25, 0.3) is 0 Å². The molecule has 1 aliphatic rings. The Morgan fingerprint density at radius 3 is 2.44 bits per heavy atom. The maximum atomic E-state index is 11.1. The second-order valence-electron chi connectivity index (χ2n) is 3.30. The summed E-state index contributed by atoms with van der Waals surface area (Å²) >= 11 is 7.94. The average molecular weight is 352 g/mol. The van der Waals surface area contributed by atoms with Crippen LogP contribution >= 0.6 is 34.2 Å². The van der Waals surface area contributed by atoms with Crippen LogP contribution in [0.15, 0.2) is 18.2 Å². The van der Waals surface area contributed by atoms with Crippen LogP contribution in [0.4, 0.5) is 5.69 Å². The highest BCUT2D eigenvalue weighted by atomic mass is 127. The van der Waals surface area contributed by atoms with Crippen LogP contribution in [0.5, 0.6) is 0 Å².